The summed E-state index contributed by atoms with van der Waals surface area (Å²) in [5.41, 5.74) is 1.07. The van der Waals surface area contributed by atoms with Gasteiger partial charge in [0.2, 0.25) is 0 Å². The summed E-state index contributed by atoms with van der Waals surface area (Å²) >= 11 is 0. The van der Waals surface area contributed by atoms with E-state index in [9.17, 15) is 14.4 Å². The van der Waals surface area contributed by atoms with Crippen LogP contribution in [0.2, 0.25) is 0 Å². The summed E-state index contributed by atoms with van der Waals surface area (Å²) in [6, 6.07) is 4.45. The maximum Gasteiger partial charge on any atom is 0.163 e. The summed E-state index contributed by atoms with van der Waals surface area (Å²) in [5.74, 6) is -0.129. The first-order chi connectivity index (χ1) is 6.72. The fourth-order valence-corrected chi connectivity index (χ4v) is 1.18. The van der Waals surface area contributed by atoms with Crippen LogP contribution in [0.15, 0.2) is 18.2 Å². The zero-order valence-electron chi connectivity index (χ0n) is 7.82. The molecule has 0 saturated heterocycles. The van der Waals surface area contributed by atoms with E-state index in [-0.39, 0.29) is 5.78 Å². The van der Waals surface area contributed by atoms with E-state index < -0.39 is 0 Å². The summed E-state index contributed by atoms with van der Waals surface area (Å²) in [4.78, 5) is 32.5. The van der Waals surface area contributed by atoms with Gasteiger partial charge in [-0.25, -0.2) is 0 Å². The third kappa shape index (κ3) is 1.93. The first kappa shape index (κ1) is 10.3. The van der Waals surface area contributed by atoms with Gasteiger partial charge in [-0.05, 0) is 6.07 Å². The van der Waals surface area contributed by atoms with Crippen molar-refractivity contribution in [2.45, 2.75) is 13.3 Å². The number of Topliss-reactive ketones (excluding diaryl/α,β-unsaturated/α-hetero) is 1. The van der Waals surface area contributed by atoms with Gasteiger partial charge in [0.25, 0.3) is 0 Å². The van der Waals surface area contributed by atoms with Crippen molar-refractivity contribution < 1.29 is 14.4 Å². The molecule has 1 aromatic carbocycles. The molecule has 0 spiro atoms. The molecule has 3 nitrogen and oxygen atoms in total. The Morgan fingerprint density at radius 3 is 2.50 bits per heavy atom. The van der Waals surface area contributed by atoms with E-state index in [1.807, 2.05) is 0 Å². The standard InChI is InChI=1S/C11H10O3/c1-2-11(14)10-5-8(6-12)3-4-9(10)7-13/h3-7H,2H2,1H3. The van der Waals surface area contributed by atoms with Gasteiger partial charge in [0.15, 0.2) is 12.1 Å². The van der Waals surface area contributed by atoms with E-state index in [1.54, 1.807) is 6.92 Å². The maximum absolute atomic E-state index is 11.4. The molecule has 0 bridgehead atoms. The van der Waals surface area contributed by atoms with Gasteiger partial charge in [0.05, 0.1) is 0 Å². The Kier molecular flexibility index (Phi) is 3.29. The van der Waals surface area contributed by atoms with Crippen LogP contribution in [-0.2, 0) is 0 Å². The van der Waals surface area contributed by atoms with Gasteiger partial charge in [-0.2, -0.15) is 0 Å². The summed E-state index contributed by atoms with van der Waals surface area (Å²) in [6.45, 7) is 1.71. The number of aldehydes is 2. The monoisotopic (exact) mass is 190 g/mol. The number of benzene rings is 1. The molecule has 0 fully saturated rings. The average Bonchev–Trinajstić information content (AvgIpc) is 2.27. The molecule has 14 heavy (non-hydrogen) atoms. The van der Waals surface area contributed by atoms with Crippen molar-refractivity contribution in [2.24, 2.45) is 0 Å². The van der Waals surface area contributed by atoms with Gasteiger partial charge >= 0.3 is 0 Å². The molecular formula is C11H10O3. The van der Waals surface area contributed by atoms with Crippen molar-refractivity contribution in [3.05, 3.63) is 34.9 Å². The molecule has 0 aromatic heterocycles. The Morgan fingerprint density at radius 1 is 1.29 bits per heavy atom. The van der Waals surface area contributed by atoms with Crippen LogP contribution in [0, 0.1) is 0 Å². The molecule has 0 N–H and O–H groups in total. The quantitative estimate of drug-likeness (QED) is 0.538. The SMILES string of the molecule is CCC(=O)c1cc(C=O)ccc1C=O. The summed E-state index contributed by atoms with van der Waals surface area (Å²) < 4.78 is 0. The lowest BCUT2D eigenvalue weighted by Gasteiger charge is -2.02. The highest BCUT2D eigenvalue weighted by molar-refractivity contribution is 6.03. The second kappa shape index (κ2) is 4.46. The Hall–Kier alpha value is -1.77. The average molecular weight is 190 g/mol. The molecule has 1 rings (SSSR count). The van der Waals surface area contributed by atoms with E-state index in [4.69, 9.17) is 0 Å². The van der Waals surface area contributed by atoms with Gasteiger partial charge in [-0.1, -0.05) is 19.1 Å². The second-order valence-electron chi connectivity index (χ2n) is 2.86. The number of carbonyl (C=O) groups excluding carboxylic acids is 3. The Labute approximate surface area is 81.7 Å². The van der Waals surface area contributed by atoms with Gasteiger partial charge < -0.3 is 0 Å². The summed E-state index contributed by atoms with van der Waals surface area (Å²) in [5, 5.41) is 0. The summed E-state index contributed by atoms with van der Waals surface area (Å²) in [6.07, 6.45) is 1.60. The van der Waals surface area contributed by atoms with Crippen LogP contribution in [0.3, 0.4) is 0 Å². The molecule has 0 amide bonds. The van der Waals surface area contributed by atoms with Gasteiger partial charge in [-0.15, -0.1) is 0 Å². The minimum absolute atomic E-state index is 0.129. The van der Waals surface area contributed by atoms with E-state index in [0.717, 1.165) is 0 Å². The molecule has 0 aliphatic rings. The zero-order valence-corrected chi connectivity index (χ0v) is 7.82. The Balaban J connectivity index is 3.27. The lowest BCUT2D eigenvalue weighted by molar-refractivity contribution is 0.0981. The minimum atomic E-state index is -0.129. The fraction of sp³-hybridized carbons (Fsp3) is 0.182. The third-order valence-corrected chi connectivity index (χ3v) is 1.96. The van der Waals surface area contributed by atoms with Crippen molar-refractivity contribution >= 4 is 18.4 Å². The van der Waals surface area contributed by atoms with Crippen LogP contribution in [0.5, 0.6) is 0 Å². The van der Waals surface area contributed by atoms with Gasteiger partial charge in [0, 0.05) is 23.1 Å². The number of hydrogen-bond acceptors (Lipinski definition) is 3. The lowest BCUT2D eigenvalue weighted by Crippen LogP contribution is -2.02. The normalized spacial score (nSPS) is 9.50. The van der Waals surface area contributed by atoms with E-state index in [2.05, 4.69) is 0 Å². The van der Waals surface area contributed by atoms with E-state index in [0.29, 0.717) is 35.7 Å². The van der Waals surface area contributed by atoms with Crippen molar-refractivity contribution in [2.75, 3.05) is 0 Å². The summed E-state index contributed by atoms with van der Waals surface area (Å²) in [7, 11) is 0. The number of rotatable bonds is 4. The lowest BCUT2D eigenvalue weighted by atomic mass is 10.0. The Bertz CT molecular complexity index is 380. The molecule has 0 heterocycles. The molecule has 0 unspecified atom stereocenters. The number of carbonyl (C=O) groups is 3. The smallest absolute Gasteiger partial charge is 0.163 e. The van der Waals surface area contributed by atoms with E-state index in [1.165, 1.54) is 18.2 Å². The van der Waals surface area contributed by atoms with Crippen LogP contribution < -0.4 is 0 Å². The van der Waals surface area contributed by atoms with Crippen molar-refractivity contribution in [3.8, 4) is 0 Å². The highest BCUT2D eigenvalue weighted by Crippen LogP contribution is 2.11. The first-order valence-electron chi connectivity index (χ1n) is 4.30. The molecule has 1 aromatic rings. The molecular weight excluding hydrogens is 180 g/mol. The van der Waals surface area contributed by atoms with Crippen molar-refractivity contribution in [1.82, 2.24) is 0 Å². The Morgan fingerprint density at radius 2 is 2.00 bits per heavy atom. The van der Waals surface area contributed by atoms with Crippen LogP contribution in [-0.4, -0.2) is 18.4 Å². The number of hydrogen-bond donors (Lipinski definition) is 0. The van der Waals surface area contributed by atoms with Crippen LogP contribution in [0.4, 0.5) is 0 Å². The molecule has 0 saturated carbocycles. The predicted molar refractivity (Wildman–Crippen MR) is 51.8 cm³/mol. The van der Waals surface area contributed by atoms with Crippen molar-refractivity contribution in [1.29, 1.82) is 0 Å². The zero-order chi connectivity index (χ0) is 10.6. The van der Waals surface area contributed by atoms with E-state index >= 15 is 0 Å². The fourth-order valence-electron chi connectivity index (χ4n) is 1.18. The minimum Gasteiger partial charge on any atom is -0.298 e. The van der Waals surface area contributed by atoms with Gasteiger partial charge in [0.1, 0.15) is 6.29 Å². The molecule has 0 aliphatic heterocycles. The predicted octanol–water partition coefficient (Wildman–Crippen LogP) is 1.90. The largest absolute Gasteiger partial charge is 0.298 e. The topological polar surface area (TPSA) is 51.2 Å². The van der Waals surface area contributed by atoms with Gasteiger partial charge in [-0.3, -0.25) is 14.4 Å². The second-order valence-corrected chi connectivity index (χ2v) is 2.86. The first-order valence-corrected chi connectivity index (χ1v) is 4.30. The molecule has 0 atom stereocenters. The highest BCUT2D eigenvalue weighted by atomic mass is 16.1. The van der Waals surface area contributed by atoms with Crippen LogP contribution in [0.25, 0.3) is 0 Å². The number of ketones is 1. The highest BCUT2D eigenvalue weighted by Gasteiger charge is 2.09. The molecule has 72 valence electrons. The maximum atomic E-state index is 11.4. The van der Waals surface area contributed by atoms with Crippen LogP contribution >= 0.6 is 0 Å². The third-order valence-electron chi connectivity index (χ3n) is 1.96. The molecule has 0 radical (unpaired) electrons. The molecule has 0 aliphatic carbocycles. The van der Waals surface area contributed by atoms with Crippen LogP contribution in [0.1, 0.15) is 44.4 Å². The van der Waals surface area contributed by atoms with Crippen molar-refractivity contribution in [3.63, 3.8) is 0 Å². The molecule has 3 heteroatoms.